The average molecular weight is 555 g/mol. The molecule has 2 aromatic heterocycles. The maximum Gasteiger partial charge on any atom is 0.267 e. The molecular formula is C32H28ClFN4O2. The summed E-state index contributed by atoms with van der Waals surface area (Å²) in [5.74, 6) is -0.870. The molecule has 0 aliphatic rings. The first-order chi connectivity index (χ1) is 19.2. The Morgan fingerprint density at radius 1 is 0.975 bits per heavy atom. The van der Waals surface area contributed by atoms with Gasteiger partial charge in [0.05, 0.1) is 5.69 Å². The predicted octanol–water partition coefficient (Wildman–Crippen LogP) is 6.54. The van der Waals surface area contributed by atoms with Crippen molar-refractivity contribution in [3.63, 3.8) is 0 Å². The van der Waals surface area contributed by atoms with Crippen LogP contribution in [0.1, 0.15) is 46.0 Å². The summed E-state index contributed by atoms with van der Waals surface area (Å²) in [5, 5.41) is 3.56. The second-order valence-corrected chi connectivity index (χ2v) is 10.5. The number of pyridine rings is 1. The zero-order valence-electron chi connectivity index (χ0n) is 22.1. The molecule has 5 aromatic rings. The Hall–Kier alpha value is -4.49. The normalized spacial score (nSPS) is 11.2. The SMILES string of the molecule is CC(C)CNC(=O)c1cc(-c2ccc3nc(Cc4ccc(F)cc4)c(C(N)=O)n3c2)ccc1-c1ccccc1Cl. The minimum Gasteiger partial charge on any atom is -0.364 e. The van der Waals surface area contributed by atoms with Gasteiger partial charge in [0.1, 0.15) is 17.2 Å². The van der Waals surface area contributed by atoms with Crippen molar-refractivity contribution in [2.24, 2.45) is 11.7 Å². The van der Waals surface area contributed by atoms with E-state index in [1.165, 1.54) is 12.1 Å². The third kappa shape index (κ3) is 5.60. The van der Waals surface area contributed by atoms with Crippen molar-refractivity contribution < 1.29 is 14.0 Å². The Balaban J connectivity index is 1.59. The van der Waals surface area contributed by atoms with E-state index in [1.807, 2.05) is 56.3 Å². The van der Waals surface area contributed by atoms with Crippen molar-refractivity contribution in [2.45, 2.75) is 20.3 Å². The van der Waals surface area contributed by atoms with Crippen LogP contribution in [0.3, 0.4) is 0 Å². The molecule has 0 fully saturated rings. The van der Waals surface area contributed by atoms with E-state index in [-0.39, 0.29) is 23.3 Å². The van der Waals surface area contributed by atoms with Gasteiger partial charge in [0.25, 0.3) is 11.8 Å². The van der Waals surface area contributed by atoms with Crippen LogP contribution in [0.4, 0.5) is 4.39 Å². The molecule has 0 aliphatic heterocycles. The Labute approximate surface area is 236 Å². The van der Waals surface area contributed by atoms with Gasteiger partial charge in [-0.1, -0.05) is 67.9 Å². The molecule has 0 atom stereocenters. The van der Waals surface area contributed by atoms with Gasteiger partial charge < -0.3 is 11.1 Å². The molecule has 0 saturated carbocycles. The Kier molecular flexibility index (Phi) is 7.67. The van der Waals surface area contributed by atoms with Crippen molar-refractivity contribution in [1.29, 1.82) is 0 Å². The number of halogens is 2. The Morgan fingerprint density at radius 3 is 2.40 bits per heavy atom. The summed E-state index contributed by atoms with van der Waals surface area (Å²) >= 11 is 6.50. The molecule has 202 valence electrons. The minimum absolute atomic E-state index is 0.200. The summed E-state index contributed by atoms with van der Waals surface area (Å²) in [6.45, 7) is 4.60. The first-order valence-electron chi connectivity index (χ1n) is 12.9. The highest BCUT2D eigenvalue weighted by Crippen LogP contribution is 2.34. The molecule has 0 saturated heterocycles. The lowest BCUT2D eigenvalue weighted by atomic mass is 9.94. The van der Waals surface area contributed by atoms with Gasteiger partial charge in [0, 0.05) is 35.3 Å². The number of benzene rings is 3. The van der Waals surface area contributed by atoms with Crippen molar-refractivity contribution in [3.8, 4) is 22.3 Å². The molecule has 6 nitrogen and oxygen atoms in total. The maximum absolute atomic E-state index is 13.4. The number of carbonyl (C=O) groups is 2. The van der Waals surface area contributed by atoms with E-state index in [0.717, 1.165) is 27.8 Å². The van der Waals surface area contributed by atoms with E-state index in [0.29, 0.717) is 34.9 Å². The molecule has 8 heteroatoms. The fraction of sp³-hybridized carbons (Fsp3) is 0.156. The van der Waals surface area contributed by atoms with Crippen LogP contribution in [0.5, 0.6) is 0 Å². The van der Waals surface area contributed by atoms with E-state index < -0.39 is 5.91 Å². The number of hydrogen-bond donors (Lipinski definition) is 2. The zero-order chi connectivity index (χ0) is 28.4. The van der Waals surface area contributed by atoms with Crippen LogP contribution in [0.2, 0.25) is 5.02 Å². The quantitative estimate of drug-likeness (QED) is 0.228. The third-order valence-electron chi connectivity index (χ3n) is 6.64. The zero-order valence-corrected chi connectivity index (χ0v) is 22.9. The number of primary amides is 1. The van der Waals surface area contributed by atoms with Crippen LogP contribution in [0.25, 0.3) is 27.9 Å². The summed E-state index contributed by atoms with van der Waals surface area (Å²) in [7, 11) is 0. The summed E-state index contributed by atoms with van der Waals surface area (Å²) < 4.78 is 15.0. The summed E-state index contributed by atoms with van der Waals surface area (Å²) in [6, 6.07) is 22.8. The van der Waals surface area contributed by atoms with Crippen molar-refractivity contribution in [3.05, 3.63) is 118 Å². The van der Waals surface area contributed by atoms with E-state index >= 15 is 0 Å². The molecule has 0 unspecified atom stereocenters. The average Bonchev–Trinajstić information content (AvgIpc) is 3.30. The number of aromatic nitrogens is 2. The number of carbonyl (C=O) groups excluding carboxylic acids is 2. The first kappa shape index (κ1) is 27.1. The summed E-state index contributed by atoms with van der Waals surface area (Å²) in [4.78, 5) is 30.5. The highest BCUT2D eigenvalue weighted by molar-refractivity contribution is 6.33. The molecule has 0 spiro atoms. The largest absolute Gasteiger partial charge is 0.364 e. The smallest absolute Gasteiger partial charge is 0.267 e. The monoisotopic (exact) mass is 554 g/mol. The van der Waals surface area contributed by atoms with Crippen LogP contribution in [0.15, 0.2) is 85.1 Å². The first-order valence-corrected chi connectivity index (χ1v) is 13.3. The third-order valence-corrected chi connectivity index (χ3v) is 6.97. The summed E-state index contributed by atoms with van der Waals surface area (Å²) in [6.07, 6.45) is 2.11. The van der Waals surface area contributed by atoms with E-state index in [9.17, 15) is 14.0 Å². The molecule has 5 rings (SSSR count). The van der Waals surface area contributed by atoms with Gasteiger partial charge in [-0.05, 0) is 64.6 Å². The molecular weight excluding hydrogens is 527 g/mol. The molecule has 3 N–H and O–H groups in total. The molecule has 2 heterocycles. The van der Waals surface area contributed by atoms with Crippen LogP contribution < -0.4 is 11.1 Å². The van der Waals surface area contributed by atoms with Crippen LogP contribution in [-0.2, 0) is 6.42 Å². The topological polar surface area (TPSA) is 89.5 Å². The lowest BCUT2D eigenvalue weighted by Gasteiger charge is -2.15. The lowest BCUT2D eigenvalue weighted by Crippen LogP contribution is -2.27. The highest BCUT2D eigenvalue weighted by atomic mass is 35.5. The van der Waals surface area contributed by atoms with Crippen LogP contribution >= 0.6 is 11.6 Å². The molecule has 40 heavy (non-hydrogen) atoms. The van der Waals surface area contributed by atoms with Gasteiger partial charge in [-0.2, -0.15) is 0 Å². The predicted molar refractivity (Wildman–Crippen MR) is 156 cm³/mol. The highest BCUT2D eigenvalue weighted by Gasteiger charge is 2.20. The number of nitrogens with two attached hydrogens (primary N) is 1. The van der Waals surface area contributed by atoms with E-state index in [4.69, 9.17) is 17.3 Å². The van der Waals surface area contributed by atoms with Gasteiger partial charge in [-0.15, -0.1) is 0 Å². The second kappa shape index (κ2) is 11.3. The van der Waals surface area contributed by atoms with Gasteiger partial charge in [0.15, 0.2) is 0 Å². The van der Waals surface area contributed by atoms with Crippen molar-refractivity contribution >= 4 is 29.1 Å². The molecule has 2 amide bonds. The molecule has 0 bridgehead atoms. The van der Waals surface area contributed by atoms with Crippen molar-refractivity contribution in [1.82, 2.24) is 14.7 Å². The molecule has 3 aromatic carbocycles. The standard InChI is InChI=1S/C32H28ClFN4O2/c1-19(2)17-36-32(40)26-16-21(9-13-24(26)25-5-3-4-6-27(25)33)22-10-14-29-37-28(30(31(35)39)38(29)18-22)15-20-7-11-23(34)12-8-20/h3-14,16,18-19H,15,17H2,1-2H3,(H2,35,39)(H,36,40). The number of hydrogen-bond acceptors (Lipinski definition) is 3. The summed E-state index contributed by atoms with van der Waals surface area (Å²) in [5.41, 5.74) is 11.4. The maximum atomic E-state index is 13.4. The second-order valence-electron chi connectivity index (χ2n) is 10.1. The van der Waals surface area contributed by atoms with Gasteiger partial charge in [0.2, 0.25) is 0 Å². The number of imidazole rings is 1. The van der Waals surface area contributed by atoms with E-state index in [2.05, 4.69) is 10.3 Å². The van der Waals surface area contributed by atoms with Gasteiger partial charge in [-0.3, -0.25) is 14.0 Å². The van der Waals surface area contributed by atoms with Gasteiger partial charge in [-0.25, -0.2) is 9.37 Å². The molecule has 0 radical (unpaired) electrons. The Morgan fingerprint density at radius 2 is 1.70 bits per heavy atom. The van der Waals surface area contributed by atoms with Gasteiger partial charge >= 0.3 is 0 Å². The van der Waals surface area contributed by atoms with Crippen LogP contribution in [-0.4, -0.2) is 27.7 Å². The fourth-order valence-corrected chi connectivity index (χ4v) is 4.90. The van der Waals surface area contributed by atoms with Crippen molar-refractivity contribution in [2.75, 3.05) is 6.54 Å². The molecule has 0 aliphatic carbocycles. The Bertz CT molecular complexity index is 1730. The van der Waals surface area contributed by atoms with E-state index in [1.54, 1.807) is 34.9 Å². The number of amides is 2. The lowest BCUT2D eigenvalue weighted by molar-refractivity contribution is 0.0948. The van der Waals surface area contributed by atoms with Crippen LogP contribution in [0, 0.1) is 11.7 Å². The minimum atomic E-state index is -0.621. The number of nitrogens with one attached hydrogen (secondary N) is 1. The number of fused-ring (bicyclic) bond motifs is 1. The number of rotatable bonds is 8. The number of nitrogens with zero attached hydrogens (tertiary/aromatic N) is 2. The fourth-order valence-electron chi connectivity index (χ4n) is 4.66.